The molecule has 0 bridgehead atoms. The lowest BCUT2D eigenvalue weighted by Gasteiger charge is -2.25. The monoisotopic (exact) mass is 341 g/mol. The molecule has 0 aromatic heterocycles. The number of hydrogen-bond donors (Lipinski definition) is 0. The molecule has 0 spiro atoms. The van der Waals surface area contributed by atoms with Crippen molar-refractivity contribution >= 4 is 46.6 Å². The summed E-state index contributed by atoms with van der Waals surface area (Å²) in [5.41, 5.74) is 1.10. The zero-order valence-corrected chi connectivity index (χ0v) is 13.1. The standard InChI is InChI=1S/C15H10Cl2FNOS/c16-11-6-5-9(7-12(11)17)19-14(20)8-21-15(19)10-3-1-2-4-13(10)18/h1-7,15H,8H2/t15-/m1/s1. The van der Waals surface area contributed by atoms with Gasteiger partial charge in [0.25, 0.3) is 0 Å². The van der Waals surface area contributed by atoms with E-state index in [0.717, 1.165) is 0 Å². The second kappa shape index (κ2) is 5.87. The molecule has 0 unspecified atom stereocenters. The molecule has 0 saturated carbocycles. The van der Waals surface area contributed by atoms with Crippen LogP contribution in [0.15, 0.2) is 42.5 Å². The lowest BCUT2D eigenvalue weighted by molar-refractivity contribution is -0.115. The lowest BCUT2D eigenvalue weighted by Crippen LogP contribution is -2.28. The van der Waals surface area contributed by atoms with Gasteiger partial charge < -0.3 is 0 Å². The molecule has 2 aromatic carbocycles. The Morgan fingerprint density at radius 1 is 1.14 bits per heavy atom. The minimum Gasteiger partial charge on any atom is -0.295 e. The first-order valence-corrected chi connectivity index (χ1v) is 8.01. The fourth-order valence-corrected chi connectivity index (χ4v) is 3.73. The summed E-state index contributed by atoms with van der Waals surface area (Å²) < 4.78 is 14.0. The highest BCUT2D eigenvalue weighted by atomic mass is 35.5. The molecular weight excluding hydrogens is 332 g/mol. The molecular formula is C15H10Cl2FNOS. The van der Waals surface area contributed by atoms with Crippen LogP contribution in [0.25, 0.3) is 0 Å². The van der Waals surface area contributed by atoms with E-state index in [1.165, 1.54) is 17.8 Å². The van der Waals surface area contributed by atoms with Crippen molar-refractivity contribution in [1.29, 1.82) is 0 Å². The van der Waals surface area contributed by atoms with Gasteiger partial charge in [-0.15, -0.1) is 11.8 Å². The highest BCUT2D eigenvalue weighted by molar-refractivity contribution is 8.00. The van der Waals surface area contributed by atoms with Crippen molar-refractivity contribution in [1.82, 2.24) is 0 Å². The summed E-state index contributed by atoms with van der Waals surface area (Å²) in [6, 6.07) is 11.4. The molecule has 1 saturated heterocycles. The van der Waals surface area contributed by atoms with Gasteiger partial charge in [-0.25, -0.2) is 4.39 Å². The van der Waals surface area contributed by atoms with Crippen molar-refractivity contribution < 1.29 is 9.18 Å². The number of benzene rings is 2. The van der Waals surface area contributed by atoms with Crippen LogP contribution in [0.3, 0.4) is 0 Å². The van der Waals surface area contributed by atoms with Crippen LogP contribution in [0.1, 0.15) is 10.9 Å². The average molecular weight is 342 g/mol. The number of rotatable bonds is 2. The SMILES string of the molecule is O=C1CS[C@H](c2ccccc2F)N1c1ccc(Cl)c(Cl)c1. The highest BCUT2D eigenvalue weighted by Crippen LogP contribution is 2.43. The van der Waals surface area contributed by atoms with Crippen LogP contribution in [0.5, 0.6) is 0 Å². The van der Waals surface area contributed by atoms with Gasteiger partial charge in [-0.05, 0) is 24.3 Å². The molecule has 6 heteroatoms. The normalized spacial score (nSPS) is 18.3. The van der Waals surface area contributed by atoms with Gasteiger partial charge in [0, 0.05) is 11.3 Å². The topological polar surface area (TPSA) is 20.3 Å². The fraction of sp³-hybridized carbons (Fsp3) is 0.133. The first kappa shape index (κ1) is 14.7. The molecule has 108 valence electrons. The number of nitrogens with zero attached hydrogens (tertiary/aromatic N) is 1. The van der Waals surface area contributed by atoms with Crippen LogP contribution in [0.2, 0.25) is 10.0 Å². The quantitative estimate of drug-likeness (QED) is 0.773. The van der Waals surface area contributed by atoms with Crippen molar-refractivity contribution in [2.24, 2.45) is 0 Å². The van der Waals surface area contributed by atoms with E-state index in [-0.39, 0.29) is 11.7 Å². The van der Waals surface area contributed by atoms with E-state index in [4.69, 9.17) is 23.2 Å². The first-order chi connectivity index (χ1) is 10.1. The summed E-state index contributed by atoms with van der Waals surface area (Å²) in [5.74, 6) is -0.0967. The van der Waals surface area contributed by atoms with Gasteiger partial charge in [0.15, 0.2) is 0 Å². The number of anilines is 1. The first-order valence-electron chi connectivity index (χ1n) is 6.21. The molecule has 1 aliphatic heterocycles. The number of amides is 1. The molecule has 1 heterocycles. The van der Waals surface area contributed by atoms with Crippen molar-refractivity contribution in [3.05, 3.63) is 63.9 Å². The molecule has 2 nitrogen and oxygen atoms in total. The lowest BCUT2D eigenvalue weighted by atomic mass is 10.1. The van der Waals surface area contributed by atoms with Crippen LogP contribution in [0.4, 0.5) is 10.1 Å². The van der Waals surface area contributed by atoms with E-state index in [1.807, 2.05) is 0 Å². The minimum absolute atomic E-state index is 0.0772. The summed E-state index contributed by atoms with van der Waals surface area (Å²) in [4.78, 5) is 13.7. The Morgan fingerprint density at radius 2 is 1.90 bits per heavy atom. The second-order valence-corrected chi connectivity index (χ2v) is 6.43. The maximum absolute atomic E-state index is 14.0. The van der Waals surface area contributed by atoms with Gasteiger partial charge in [0.2, 0.25) is 5.91 Å². The van der Waals surface area contributed by atoms with Gasteiger partial charge in [-0.2, -0.15) is 0 Å². The molecule has 2 aromatic rings. The number of hydrogen-bond acceptors (Lipinski definition) is 2. The number of thioether (sulfide) groups is 1. The summed E-state index contributed by atoms with van der Waals surface area (Å²) in [7, 11) is 0. The van der Waals surface area contributed by atoms with E-state index in [0.29, 0.717) is 27.0 Å². The molecule has 0 aliphatic carbocycles. The maximum atomic E-state index is 14.0. The van der Waals surface area contributed by atoms with Gasteiger partial charge in [-0.3, -0.25) is 9.69 Å². The zero-order valence-electron chi connectivity index (χ0n) is 10.7. The van der Waals surface area contributed by atoms with E-state index in [9.17, 15) is 9.18 Å². The van der Waals surface area contributed by atoms with Gasteiger partial charge >= 0.3 is 0 Å². The molecule has 21 heavy (non-hydrogen) atoms. The zero-order chi connectivity index (χ0) is 15.0. The third-order valence-electron chi connectivity index (χ3n) is 3.22. The Kier molecular flexibility index (Phi) is 4.11. The van der Waals surface area contributed by atoms with Crippen molar-refractivity contribution in [3.8, 4) is 0 Å². The van der Waals surface area contributed by atoms with E-state index in [1.54, 1.807) is 41.3 Å². The summed E-state index contributed by atoms with van der Waals surface area (Å²) in [6.07, 6.45) is 0. The fourth-order valence-electron chi connectivity index (χ4n) is 2.24. The van der Waals surface area contributed by atoms with Crippen molar-refractivity contribution in [2.45, 2.75) is 5.37 Å². The minimum atomic E-state index is -0.393. The van der Waals surface area contributed by atoms with Crippen LogP contribution >= 0.6 is 35.0 Å². The number of carbonyl (C=O) groups excluding carboxylic acids is 1. The van der Waals surface area contributed by atoms with Crippen molar-refractivity contribution in [3.63, 3.8) is 0 Å². The van der Waals surface area contributed by atoms with Crippen LogP contribution in [-0.2, 0) is 4.79 Å². The highest BCUT2D eigenvalue weighted by Gasteiger charge is 2.35. The molecule has 1 amide bonds. The molecule has 0 radical (unpaired) electrons. The van der Waals surface area contributed by atoms with Gasteiger partial charge in [0.05, 0.1) is 15.8 Å². The molecule has 1 fully saturated rings. The number of carbonyl (C=O) groups is 1. The van der Waals surface area contributed by atoms with Crippen LogP contribution in [-0.4, -0.2) is 11.7 Å². The number of halogens is 3. The van der Waals surface area contributed by atoms with E-state index in [2.05, 4.69) is 0 Å². The molecule has 3 rings (SSSR count). The Morgan fingerprint density at radius 3 is 2.62 bits per heavy atom. The predicted octanol–water partition coefficient (Wildman–Crippen LogP) is 4.91. The Labute approximate surface area is 135 Å². The summed E-state index contributed by atoms with van der Waals surface area (Å²) in [6.45, 7) is 0. The summed E-state index contributed by atoms with van der Waals surface area (Å²) in [5, 5.41) is 0.393. The Hall–Kier alpha value is -1.23. The molecule has 0 N–H and O–H groups in total. The predicted molar refractivity (Wildman–Crippen MR) is 85.5 cm³/mol. The van der Waals surface area contributed by atoms with E-state index < -0.39 is 5.37 Å². The van der Waals surface area contributed by atoms with E-state index >= 15 is 0 Å². The smallest absolute Gasteiger partial charge is 0.238 e. The van der Waals surface area contributed by atoms with Gasteiger partial charge in [0.1, 0.15) is 11.2 Å². The van der Waals surface area contributed by atoms with Gasteiger partial charge in [-0.1, -0.05) is 41.4 Å². The van der Waals surface area contributed by atoms with Crippen molar-refractivity contribution in [2.75, 3.05) is 10.7 Å². The maximum Gasteiger partial charge on any atom is 0.238 e. The average Bonchev–Trinajstić information content (AvgIpc) is 2.84. The Bertz CT molecular complexity index is 710. The van der Waals surface area contributed by atoms with Crippen LogP contribution in [0, 0.1) is 5.82 Å². The summed E-state index contributed by atoms with van der Waals surface area (Å²) >= 11 is 13.3. The largest absolute Gasteiger partial charge is 0.295 e. The molecule has 1 atom stereocenters. The second-order valence-electron chi connectivity index (χ2n) is 4.55. The van der Waals surface area contributed by atoms with Crippen LogP contribution < -0.4 is 4.90 Å². The third-order valence-corrected chi connectivity index (χ3v) is 5.15. The Balaban J connectivity index is 2.04. The molecule has 1 aliphatic rings. The third kappa shape index (κ3) is 2.76.